The van der Waals surface area contributed by atoms with Crippen LogP contribution in [0.1, 0.15) is 34.1 Å². The van der Waals surface area contributed by atoms with Crippen LogP contribution in [0.2, 0.25) is 0 Å². The van der Waals surface area contributed by atoms with Crippen LogP contribution in [0.3, 0.4) is 0 Å². The van der Waals surface area contributed by atoms with Crippen LogP contribution >= 0.6 is 0 Å². The van der Waals surface area contributed by atoms with Gasteiger partial charge in [0.05, 0.1) is 33.8 Å². The molecule has 0 bridgehead atoms. The predicted molar refractivity (Wildman–Crippen MR) is 113 cm³/mol. The first kappa shape index (κ1) is 21.9. The van der Waals surface area contributed by atoms with Crippen LogP contribution in [0, 0.1) is 6.92 Å². The molecule has 1 amide bonds. The van der Waals surface area contributed by atoms with Gasteiger partial charge < -0.3 is 24.1 Å². The number of hydrogen-bond acceptors (Lipinski definition) is 7. The van der Waals surface area contributed by atoms with Crippen molar-refractivity contribution < 1.29 is 28.3 Å². The molecule has 31 heavy (non-hydrogen) atoms. The molecule has 8 nitrogen and oxygen atoms in total. The maximum Gasteiger partial charge on any atom is 0.307 e. The van der Waals surface area contributed by atoms with E-state index in [2.05, 4.69) is 10.5 Å². The third kappa shape index (κ3) is 5.22. The van der Waals surface area contributed by atoms with Crippen LogP contribution in [0.5, 0.6) is 11.5 Å². The van der Waals surface area contributed by atoms with Crippen LogP contribution in [0.15, 0.2) is 53.1 Å². The normalized spacial score (nSPS) is 11.5. The highest BCUT2D eigenvalue weighted by Gasteiger charge is 2.23. The van der Waals surface area contributed by atoms with Gasteiger partial charge in [-0.25, -0.2) is 0 Å². The number of benzene rings is 2. The van der Waals surface area contributed by atoms with Crippen molar-refractivity contribution in [1.82, 2.24) is 10.5 Å². The number of ether oxygens (including phenoxy) is 3. The molecule has 2 aromatic carbocycles. The summed E-state index contributed by atoms with van der Waals surface area (Å²) in [6, 6.07) is 13.7. The number of amides is 1. The van der Waals surface area contributed by atoms with Gasteiger partial charge in [-0.05, 0) is 24.6 Å². The lowest BCUT2D eigenvalue weighted by Gasteiger charge is -2.19. The summed E-state index contributed by atoms with van der Waals surface area (Å²) >= 11 is 0. The van der Waals surface area contributed by atoms with Crippen LogP contribution in [-0.2, 0) is 9.53 Å². The summed E-state index contributed by atoms with van der Waals surface area (Å²) in [5.74, 6) is 0.0660. The van der Waals surface area contributed by atoms with E-state index in [-0.39, 0.29) is 12.2 Å². The fraction of sp³-hybridized carbons (Fsp3) is 0.261. The fourth-order valence-electron chi connectivity index (χ4n) is 3.04. The molecule has 0 fully saturated rings. The molecule has 3 rings (SSSR count). The Bertz CT molecular complexity index is 1060. The van der Waals surface area contributed by atoms with E-state index in [4.69, 9.17) is 18.7 Å². The molecule has 162 valence electrons. The minimum absolute atomic E-state index is 0.0333. The maximum absolute atomic E-state index is 12.8. The first-order valence-electron chi connectivity index (χ1n) is 9.58. The van der Waals surface area contributed by atoms with Crippen molar-refractivity contribution in [2.75, 3.05) is 21.3 Å². The Kier molecular flexibility index (Phi) is 6.92. The highest BCUT2D eigenvalue weighted by Crippen LogP contribution is 2.31. The largest absolute Gasteiger partial charge is 0.493 e. The van der Waals surface area contributed by atoms with Crippen molar-refractivity contribution in [3.8, 4) is 22.8 Å². The molecule has 1 aromatic heterocycles. The quantitative estimate of drug-likeness (QED) is 0.550. The molecule has 1 N–H and O–H groups in total. The van der Waals surface area contributed by atoms with Gasteiger partial charge in [0.25, 0.3) is 5.91 Å². The van der Waals surface area contributed by atoms with E-state index in [9.17, 15) is 9.59 Å². The van der Waals surface area contributed by atoms with Crippen molar-refractivity contribution >= 4 is 11.9 Å². The van der Waals surface area contributed by atoms with Gasteiger partial charge in [-0.1, -0.05) is 41.1 Å². The van der Waals surface area contributed by atoms with Gasteiger partial charge in [0.2, 0.25) is 5.76 Å². The smallest absolute Gasteiger partial charge is 0.307 e. The van der Waals surface area contributed by atoms with Crippen LogP contribution in [0.4, 0.5) is 0 Å². The second kappa shape index (κ2) is 9.80. The van der Waals surface area contributed by atoms with E-state index in [1.165, 1.54) is 21.3 Å². The van der Waals surface area contributed by atoms with Crippen LogP contribution < -0.4 is 14.8 Å². The molecule has 0 saturated heterocycles. The molecule has 0 aliphatic carbocycles. The number of aryl methyl sites for hydroxylation is 1. The van der Waals surface area contributed by atoms with Gasteiger partial charge in [0, 0.05) is 11.6 Å². The molecule has 0 aliphatic heterocycles. The van der Waals surface area contributed by atoms with Crippen LogP contribution in [0.25, 0.3) is 11.3 Å². The average molecular weight is 424 g/mol. The molecule has 0 aliphatic rings. The molecule has 1 unspecified atom stereocenters. The van der Waals surface area contributed by atoms with E-state index in [1.54, 1.807) is 24.3 Å². The maximum atomic E-state index is 12.8. The zero-order chi connectivity index (χ0) is 22.4. The van der Waals surface area contributed by atoms with Gasteiger partial charge in [-0.3, -0.25) is 9.59 Å². The standard InChI is InChI=1S/C23H24N2O6/c1-14-5-7-15(8-6-14)18-12-21(31-25-18)23(27)24-17(13-22(26)30-4)16-9-10-19(28-2)20(11-16)29-3/h5-12,17H,13H2,1-4H3,(H,24,27). The second-order valence-electron chi connectivity index (χ2n) is 6.86. The van der Waals surface area contributed by atoms with Crippen molar-refractivity contribution in [2.24, 2.45) is 0 Å². The van der Waals surface area contributed by atoms with E-state index in [0.29, 0.717) is 22.8 Å². The Hall–Kier alpha value is -3.81. The Morgan fingerprint density at radius 2 is 1.71 bits per heavy atom. The molecule has 0 saturated carbocycles. The molecular formula is C23H24N2O6. The van der Waals surface area contributed by atoms with E-state index < -0.39 is 17.9 Å². The third-order valence-electron chi connectivity index (χ3n) is 4.80. The molecular weight excluding hydrogens is 400 g/mol. The summed E-state index contributed by atoms with van der Waals surface area (Å²) in [7, 11) is 4.33. The van der Waals surface area contributed by atoms with E-state index in [0.717, 1.165) is 11.1 Å². The predicted octanol–water partition coefficient (Wildman–Crippen LogP) is 3.70. The number of carbonyl (C=O) groups is 2. The lowest BCUT2D eigenvalue weighted by atomic mass is 10.0. The first-order chi connectivity index (χ1) is 14.9. The molecule has 1 heterocycles. The minimum atomic E-state index is -0.673. The Labute approximate surface area is 180 Å². The Morgan fingerprint density at radius 3 is 2.35 bits per heavy atom. The van der Waals surface area contributed by atoms with Gasteiger partial charge >= 0.3 is 5.97 Å². The summed E-state index contributed by atoms with van der Waals surface area (Å²) in [6.45, 7) is 1.99. The molecule has 0 spiro atoms. The third-order valence-corrected chi connectivity index (χ3v) is 4.80. The Balaban J connectivity index is 1.84. The van der Waals surface area contributed by atoms with Gasteiger partial charge in [-0.15, -0.1) is 0 Å². The van der Waals surface area contributed by atoms with Gasteiger partial charge in [0.1, 0.15) is 5.69 Å². The van der Waals surface area contributed by atoms with Gasteiger partial charge in [0.15, 0.2) is 11.5 Å². The summed E-state index contributed by atoms with van der Waals surface area (Å²) in [5.41, 5.74) is 3.14. The molecule has 8 heteroatoms. The monoisotopic (exact) mass is 424 g/mol. The number of carbonyl (C=O) groups excluding carboxylic acids is 2. The number of nitrogens with zero attached hydrogens (tertiary/aromatic N) is 1. The minimum Gasteiger partial charge on any atom is -0.493 e. The highest BCUT2D eigenvalue weighted by atomic mass is 16.5. The summed E-state index contributed by atoms with van der Waals surface area (Å²) in [4.78, 5) is 24.8. The SMILES string of the molecule is COC(=O)CC(NC(=O)c1cc(-c2ccc(C)cc2)no1)c1ccc(OC)c(OC)c1. The zero-order valence-corrected chi connectivity index (χ0v) is 17.8. The average Bonchev–Trinajstić information content (AvgIpc) is 3.29. The number of hydrogen-bond donors (Lipinski definition) is 1. The van der Waals surface area contributed by atoms with E-state index in [1.807, 2.05) is 31.2 Å². The Morgan fingerprint density at radius 1 is 1.00 bits per heavy atom. The number of esters is 1. The van der Waals surface area contributed by atoms with Crippen molar-refractivity contribution in [2.45, 2.75) is 19.4 Å². The van der Waals surface area contributed by atoms with Crippen molar-refractivity contribution in [3.63, 3.8) is 0 Å². The van der Waals surface area contributed by atoms with Gasteiger partial charge in [-0.2, -0.15) is 0 Å². The topological polar surface area (TPSA) is 99.9 Å². The summed E-state index contributed by atoms with van der Waals surface area (Å²) in [6.07, 6.45) is -0.0727. The van der Waals surface area contributed by atoms with Crippen LogP contribution in [-0.4, -0.2) is 38.4 Å². The number of aromatic nitrogens is 1. The molecule has 0 radical (unpaired) electrons. The summed E-state index contributed by atoms with van der Waals surface area (Å²) in [5, 5.41) is 6.79. The van der Waals surface area contributed by atoms with Crippen molar-refractivity contribution in [1.29, 1.82) is 0 Å². The fourth-order valence-corrected chi connectivity index (χ4v) is 3.04. The summed E-state index contributed by atoms with van der Waals surface area (Å²) < 4.78 is 20.6. The van der Waals surface area contributed by atoms with E-state index >= 15 is 0 Å². The number of methoxy groups -OCH3 is 3. The zero-order valence-electron chi connectivity index (χ0n) is 17.8. The molecule has 3 aromatic rings. The highest BCUT2D eigenvalue weighted by molar-refractivity contribution is 5.93. The first-order valence-corrected chi connectivity index (χ1v) is 9.58. The number of nitrogens with one attached hydrogen (secondary N) is 1. The lowest BCUT2D eigenvalue weighted by molar-refractivity contribution is -0.141. The molecule has 1 atom stereocenters. The van der Waals surface area contributed by atoms with Crippen molar-refractivity contribution in [3.05, 3.63) is 65.4 Å². The lowest BCUT2D eigenvalue weighted by Crippen LogP contribution is -2.30. The number of rotatable bonds is 8. The second-order valence-corrected chi connectivity index (χ2v) is 6.86.